The average molecular weight is 324 g/mol. The lowest BCUT2D eigenvalue weighted by Crippen LogP contribution is -2.27. The number of fused-ring (bicyclic) bond motifs is 1. The summed E-state index contributed by atoms with van der Waals surface area (Å²) < 4.78 is 6.02. The Balaban J connectivity index is 2.31. The average Bonchev–Trinajstić information content (AvgIpc) is 2.31. The fourth-order valence-electron chi connectivity index (χ4n) is 1.53. The Morgan fingerprint density at radius 2 is 2.11 bits per heavy atom. The Hall–Kier alpha value is -1.69. The van der Waals surface area contributed by atoms with E-state index in [0.29, 0.717) is 11.3 Å². The van der Waals surface area contributed by atoms with Crippen LogP contribution in [-0.4, -0.2) is 21.7 Å². The van der Waals surface area contributed by atoms with Crippen molar-refractivity contribution in [3.8, 4) is 0 Å². The van der Waals surface area contributed by atoms with Gasteiger partial charge in [-0.05, 0) is 48.8 Å². The predicted molar refractivity (Wildman–Crippen MR) is 77.1 cm³/mol. The number of nitrogens with zero attached hydrogens (tertiary/aromatic N) is 2. The van der Waals surface area contributed by atoms with Crippen LogP contribution in [0, 0.1) is 0 Å². The number of carbonyl (C=O) groups excluding carboxylic acids is 1. The molecule has 0 atom stereocenters. The largest absolute Gasteiger partial charge is 0.444 e. The van der Waals surface area contributed by atoms with Crippen LogP contribution in [0.4, 0.5) is 10.6 Å². The lowest BCUT2D eigenvalue weighted by molar-refractivity contribution is 0.0635. The minimum atomic E-state index is -0.553. The second-order valence-corrected chi connectivity index (χ2v) is 5.84. The van der Waals surface area contributed by atoms with Crippen LogP contribution in [0.25, 0.3) is 10.9 Å². The Kier molecular flexibility index (Phi) is 3.71. The van der Waals surface area contributed by atoms with E-state index in [4.69, 9.17) is 4.74 Å². The third-order valence-electron chi connectivity index (χ3n) is 2.22. The summed E-state index contributed by atoms with van der Waals surface area (Å²) in [6, 6.07) is 3.72. The van der Waals surface area contributed by atoms with E-state index in [2.05, 4.69) is 31.2 Å². The van der Waals surface area contributed by atoms with Crippen LogP contribution in [0.5, 0.6) is 0 Å². The zero-order valence-corrected chi connectivity index (χ0v) is 12.5. The Labute approximate surface area is 119 Å². The van der Waals surface area contributed by atoms with E-state index in [0.717, 1.165) is 9.86 Å². The molecule has 1 amide bonds. The van der Waals surface area contributed by atoms with Gasteiger partial charge in [0.15, 0.2) is 5.82 Å². The molecule has 0 radical (unpaired) electrons. The van der Waals surface area contributed by atoms with Crippen molar-refractivity contribution in [1.82, 2.24) is 9.97 Å². The van der Waals surface area contributed by atoms with Crippen LogP contribution in [0.3, 0.4) is 0 Å². The van der Waals surface area contributed by atoms with Crippen molar-refractivity contribution in [2.75, 3.05) is 5.32 Å². The van der Waals surface area contributed by atoms with E-state index >= 15 is 0 Å². The number of hydrogen-bond donors (Lipinski definition) is 1. The highest BCUT2D eigenvalue weighted by Gasteiger charge is 2.18. The highest BCUT2D eigenvalue weighted by atomic mass is 79.9. The maximum Gasteiger partial charge on any atom is 0.413 e. The molecule has 0 saturated heterocycles. The first-order valence-electron chi connectivity index (χ1n) is 5.76. The zero-order chi connectivity index (χ0) is 14.0. The van der Waals surface area contributed by atoms with Gasteiger partial charge in [0.05, 0.1) is 0 Å². The maximum absolute atomic E-state index is 11.7. The van der Waals surface area contributed by atoms with E-state index in [9.17, 15) is 4.79 Å². The third-order valence-corrected chi connectivity index (χ3v) is 2.85. The summed E-state index contributed by atoms with van der Waals surface area (Å²) in [4.78, 5) is 20.1. The van der Waals surface area contributed by atoms with E-state index in [1.54, 1.807) is 33.2 Å². The molecule has 0 unspecified atom stereocenters. The van der Waals surface area contributed by atoms with Gasteiger partial charge in [-0.3, -0.25) is 10.3 Å². The standard InChI is InChI=1S/C13H14BrN3O2/c1-13(2,3)19-12(18)17-11-10-8(5-4-6-15-10)9(14)7-16-11/h4-7H,1-3H3,(H,16,17,18). The summed E-state index contributed by atoms with van der Waals surface area (Å²) >= 11 is 3.40. The minimum absolute atomic E-state index is 0.382. The Bertz CT molecular complexity index is 623. The second-order valence-electron chi connectivity index (χ2n) is 4.98. The molecule has 0 saturated carbocycles. The van der Waals surface area contributed by atoms with Crippen molar-refractivity contribution in [1.29, 1.82) is 0 Å². The lowest BCUT2D eigenvalue weighted by atomic mass is 10.2. The minimum Gasteiger partial charge on any atom is -0.444 e. The number of anilines is 1. The number of amides is 1. The van der Waals surface area contributed by atoms with Crippen LogP contribution in [0.2, 0.25) is 0 Å². The van der Waals surface area contributed by atoms with E-state index < -0.39 is 11.7 Å². The summed E-state index contributed by atoms with van der Waals surface area (Å²) in [5, 5.41) is 3.49. The van der Waals surface area contributed by atoms with Gasteiger partial charge in [-0.15, -0.1) is 0 Å². The fraction of sp³-hybridized carbons (Fsp3) is 0.308. The summed E-state index contributed by atoms with van der Waals surface area (Å²) in [5.41, 5.74) is 0.0607. The lowest BCUT2D eigenvalue weighted by Gasteiger charge is -2.19. The molecule has 19 heavy (non-hydrogen) atoms. The molecule has 0 aliphatic rings. The van der Waals surface area contributed by atoms with Gasteiger partial charge in [-0.25, -0.2) is 9.78 Å². The van der Waals surface area contributed by atoms with Gasteiger partial charge in [0.1, 0.15) is 11.1 Å². The number of halogens is 1. The van der Waals surface area contributed by atoms with Crippen molar-refractivity contribution in [3.05, 3.63) is 29.0 Å². The van der Waals surface area contributed by atoms with Gasteiger partial charge in [0.2, 0.25) is 0 Å². The third kappa shape index (κ3) is 3.41. The number of nitrogens with one attached hydrogen (secondary N) is 1. The van der Waals surface area contributed by atoms with Crippen LogP contribution >= 0.6 is 15.9 Å². The van der Waals surface area contributed by atoms with Gasteiger partial charge in [0.25, 0.3) is 0 Å². The molecule has 5 nitrogen and oxygen atoms in total. The molecule has 100 valence electrons. The number of pyridine rings is 2. The number of ether oxygens (including phenoxy) is 1. The quantitative estimate of drug-likeness (QED) is 0.868. The molecule has 2 heterocycles. The molecule has 0 aliphatic heterocycles. The maximum atomic E-state index is 11.7. The number of aromatic nitrogens is 2. The van der Waals surface area contributed by atoms with Gasteiger partial charge in [-0.1, -0.05) is 0 Å². The van der Waals surface area contributed by atoms with Gasteiger partial charge >= 0.3 is 6.09 Å². The molecule has 0 aliphatic carbocycles. The number of hydrogen-bond acceptors (Lipinski definition) is 4. The molecule has 1 N–H and O–H groups in total. The first-order valence-corrected chi connectivity index (χ1v) is 6.55. The van der Waals surface area contributed by atoms with Gasteiger partial charge < -0.3 is 4.74 Å². The number of rotatable bonds is 1. The molecule has 6 heteroatoms. The van der Waals surface area contributed by atoms with Crippen molar-refractivity contribution in [3.63, 3.8) is 0 Å². The molecule has 2 aromatic rings. The summed E-state index contributed by atoms with van der Waals surface area (Å²) in [6.07, 6.45) is 2.72. The Morgan fingerprint density at radius 3 is 2.79 bits per heavy atom. The van der Waals surface area contributed by atoms with Crippen LogP contribution in [0.15, 0.2) is 29.0 Å². The van der Waals surface area contributed by atoms with Crippen molar-refractivity contribution in [2.24, 2.45) is 0 Å². The second kappa shape index (κ2) is 5.13. The van der Waals surface area contributed by atoms with E-state index in [1.807, 2.05) is 12.1 Å². The molecule has 2 aromatic heterocycles. The topological polar surface area (TPSA) is 64.1 Å². The monoisotopic (exact) mass is 323 g/mol. The smallest absolute Gasteiger partial charge is 0.413 e. The molecular weight excluding hydrogens is 310 g/mol. The van der Waals surface area contributed by atoms with Crippen LogP contribution in [0.1, 0.15) is 20.8 Å². The summed E-state index contributed by atoms with van der Waals surface area (Å²) in [7, 11) is 0. The van der Waals surface area contributed by atoms with Crippen molar-refractivity contribution in [2.45, 2.75) is 26.4 Å². The van der Waals surface area contributed by atoms with Gasteiger partial charge in [0, 0.05) is 22.3 Å². The Morgan fingerprint density at radius 1 is 1.37 bits per heavy atom. The van der Waals surface area contributed by atoms with Crippen LogP contribution < -0.4 is 5.32 Å². The van der Waals surface area contributed by atoms with Gasteiger partial charge in [-0.2, -0.15) is 0 Å². The summed E-state index contributed by atoms with van der Waals surface area (Å²) in [5.74, 6) is 0.382. The number of carbonyl (C=O) groups is 1. The van der Waals surface area contributed by atoms with E-state index in [1.165, 1.54) is 0 Å². The van der Waals surface area contributed by atoms with E-state index in [-0.39, 0.29) is 0 Å². The highest BCUT2D eigenvalue weighted by Crippen LogP contribution is 2.26. The zero-order valence-electron chi connectivity index (χ0n) is 10.9. The van der Waals surface area contributed by atoms with Crippen LogP contribution in [-0.2, 0) is 4.74 Å². The van der Waals surface area contributed by atoms with Crippen molar-refractivity contribution >= 4 is 38.7 Å². The molecular formula is C13H14BrN3O2. The fourth-order valence-corrected chi connectivity index (χ4v) is 1.95. The molecule has 0 bridgehead atoms. The highest BCUT2D eigenvalue weighted by molar-refractivity contribution is 9.10. The molecule has 0 aromatic carbocycles. The summed E-state index contributed by atoms with van der Waals surface area (Å²) in [6.45, 7) is 5.41. The van der Waals surface area contributed by atoms with Crippen molar-refractivity contribution < 1.29 is 9.53 Å². The first kappa shape index (κ1) is 13.7. The molecule has 0 fully saturated rings. The molecule has 2 rings (SSSR count). The SMILES string of the molecule is CC(C)(C)OC(=O)Nc1ncc(Br)c2cccnc12. The molecule has 0 spiro atoms. The predicted octanol–water partition coefficient (Wildman–Crippen LogP) is 3.74. The first-order chi connectivity index (χ1) is 8.87. The normalized spacial score (nSPS) is 11.4.